The van der Waals surface area contributed by atoms with Crippen molar-refractivity contribution in [2.24, 2.45) is 16.9 Å². The predicted octanol–water partition coefficient (Wildman–Crippen LogP) is 2.57. The van der Waals surface area contributed by atoms with Gasteiger partial charge in [-0.2, -0.15) is 15.3 Å². The average Bonchev–Trinajstić information content (AvgIpc) is 2.90. The molecule has 0 radical (unpaired) electrons. The summed E-state index contributed by atoms with van der Waals surface area (Å²) in [5, 5.41) is 36.3. The molecule has 5 rings (SSSR count). The number of aliphatic hydroxyl groups excluding tert-OH is 1. The standard InChI is InChI=1S/C26H32N8O3/c27-13-19-2-1-9-34(16-19)26-30-21-14-28-32-25(37)23(21)24(31-26)29-20-5-3-18(4-6-20)15-33-10-7-17(8-11-33)12-22(35)36/h3-6,14,17,19,25,32,37H,1-2,7-12,15-16H2,(H,35,36)(H,29,30,31). The number of likely N-dealkylation sites (tertiary alicyclic amines) is 1. The third kappa shape index (κ3) is 5.98. The number of aliphatic carboxylic acids is 1. The Balaban J connectivity index is 1.29. The fourth-order valence-corrected chi connectivity index (χ4v) is 5.26. The highest BCUT2D eigenvalue weighted by molar-refractivity contribution is 5.84. The van der Waals surface area contributed by atoms with Crippen LogP contribution in [0.4, 0.5) is 17.5 Å². The lowest BCUT2D eigenvalue weighted by Crippen LogP contribution is -2.37. The van der Waals surface area contributed by atoms with Crippen molar-refractivity contribution in [1.29, 1.82) is 5.26 Å². The number of hydrogen-bond acceptors (Lipinski definition) is 10. The molecule has 2 aromatic rings. The van der Waals surface area contributed by atoms with Crippen LogP contribution in [-0.2, 0) is 11.3 Å². The van der Waals surface area contributed by atoms with E-state index < -0.39 is 12.2 Å². The van der Waals surface area contributed by atoms with E-state index in [2.05, 4.69) is 43.9 Å². The number of hydrazone groups is 1. The van der Waals surface area contributed by atoms with Crippen molar-refractivity contribution in [3.8, 4) is 6.07 Å². The van der Waals surface area contributed by atoms with E-state index in [9.17, 15) is 15.2 Å². The van der Waals surface area contributed by atoms with E-state index in [0.717, 1.165) is 57.5 Å². The quantitative estimate of drug-likeness (QED) is 0.443. The number of benzene rings is 1. The Morgan fingerprint density at radius 1 is 1.16 bits per heavy atom. The van der Waals surface area contributed by atoms with Crippen molar-refractivity contribution in [3.05, 3.63) is 41.1 Å². The first-order valence-electron chi connectivity index (χ1n) is 12.8. The summed E-state index contributed by atoms with van der Waals surface area (Å²) in [6.45, 7) is 3.99. The summed E-state index contributed by atoms with van der Waals surface area (Å²) in [5.41, 5.74) is 5.74. The van der Waals surface area contributed by atoms with Gasteiger partial charge in [-0.1, -0.05) is 12.1 Å². The number of nitrogens with zero attached hydrogens (tertiary/aromatic N) is 6. The molecule has 37 heavy (non-hydrogen) atoms. The summed E-state index contributed by atoms with van der Waals surface area (Å²) >= 11 is 0. The minimum Gasteiger partial charge on any atom is -0.481 e. The number of nitriles is 1. The maximum atomic E-state index is 11.0. The normalized spacial score (nSPS) is 22.1. The van der Waals surface area contributed by atoms with Crippen LogP contribution < -0.4 is 15.6 Å². The van der Waals surface area contributed by atoms with E-state index >= 15 is 0 Å². The van der Waals surface area contributed by atoms with E-state index in [1.54, 1.807) is 6.21 Å². The third-order valence-corrected chi connectivity index (χ3v) is 7.30. The Morgan fingerprint density at radius 3 is 2.68 bits per heavy atom. The topological polar surface area (TPSA) is 150 Å². The van der Waals surface area contributed by atoms with Gasteiger partial charge in [-0.05, 0) is 62.4 Å². The molecule has 0 spiro atoms. The van der Waals surface area contributed by atoms with Crippen LogP contribution in [0.25, 0.3) is 0 Å². The number of rotatable bonds is 7. The number of fused-ring (bicyclic) bond motifs is 1. The van der Waals surface area contributed by atoms with E-state index in [1.807, 2.05) is 17.0 Å². The maximum absolute atomic E-state index is 11.0. The van der Waals surface area contributed by atoms with Crippen molar-refractivity contribution in [2.45, 2.75) is 44.9 Å². The summed E-state index contributed by atoms with van der Waals surface area (Å²) in [6.07, 6.45) is 4.41. The Hall–Kier alpha value is -3.75. The van der Waals surface area contributed by atoms with E-state index in [4.69, 9.17) is 10.1 Å². The number of carboxylic acid groups (broad SMARTS) is 1. The van der Waals surface area contributed by atoms with Gasteiger partial charge < -0.3 is 20.4 Å². The van der Waals surface area contributed by atoms with Gasteiger partial charge in [0.25, 0.3) is 0 Å². The fourth-order valence-electron chi connectivity index (χ4n) is 5.26. The molecule has 0 bridgehead atoms. The predicted molar refractivity (Wildman–Crippen MR) is 138 cm³/mol. The van der Waals surface area contributed by atoms with Gasteiger partial charge in [0.1, 0.15) is 5.82 Å². The summed E-state index contributed by atoms with van der Waals surface area (Å²) in [5.74, 6) is 0.524. The molecule has 0 amide bonds. The maximum Gasteiger partial charge on any atom is 0.303 e. The van der Waals surface area contributed by atoms with Crippen LogP contribution in [0.1, 0.15) is 55.2 Å². The van der Waals surface area contributed by atoms with Gasteiger partial charge in [-0.3, -0.25) is 15.1 Å². The van der Waals surface area contributed by atoms with E-state index in [1.165, 1.54) is 5.56 Å². The number of nitrogens with one attached hydrogen (secondary N) is 2. The van der Waals surface area contributed by atoms with Crippen LogP contribution in [0, 0.1) is 23.2 Å². The van der Waals surface area contributed by atoms with E-state index in [-0.39, 0.29) is 18.3 Å². The number of piperidine rings is 2. The first-order chi connectivity index (χ1) is 18.0. The zero-order chi connectivity index (χ0) is 25.8. The first kappa shape index (κ1) is 24.9. The van der Waals surface area contributed by atoms with Gasteiger partial charge in [-0.25, -0.2) is 4.98 Å². The fraction of sp³-hybridized carbons (Fsp3) is 0.500. The van der Waals surface area contributed by atoms with Crippen molar-refractivity contribution in [2.75, 3.05) is 36.4 Å². The summed E-state index contributed by atoms with van der Waals surface area (Å²) in [6, 6.07) is 10.5. The third-order valence-electron chi connectivity index (χ3n) is 7.30. The van der Waals surface area contributed by atoms with Gasteiger partial charge >= 0.3 is 5.97 Å². The van der Waals surface area contributed by atoms with Crippen LogP contribution >= 0.6 is 0 Å². The van der Waals surface area contributed by atoms with Crippen molar-refractivity contribution < 1.29 is 15.0 Å². The molecule has 0 aliphatic carbocycles. The number of aromatic nitrogens is 2. The largest absolute Gasteiger partial charge is 0.481 e. The zero-order valence-electron chi connectivity index (χ0n) is 20.7. The summed E-state index contributed by atoms with van der Waals surface area (Å²) < 4.78 is 0. The molecule has 2 fully saturated rings. The molecule has 3 aliphatic heterocycles. The number of carboxylic acids is 1. The highest BCUT2D eigenvalue weighted by Crippen LogP contribution is 2.31. The van der Waals surface area contributed by atoms with Crippen LogP contribution in [0.2, 0.25) is 0 Å². The molecular formula is C26H32N8O3. The number of aliphatic hydroxyl groups is 1. The van der Waals surface area contributed by atoms with Gasteiger partial charge in [0.05, 0.1) is 29.5 Å². The Labute approximate surface area is 215 Å². The number of hydrogen-bond donors (Lipinski definition) is 4. The molecule has 1 aromatic heterocycles. The second kappa shape index (κ2) is 11.1. The molecule has 3 aliphatic rings. The lowest BCUT2D eigenvalue weighted by Gasteiger charge is -2.31. The van der Waals surface area contributed by atoms with Gasteiger partial charge in [0.2, 0.25) is 5.95 Å². The molecule has 11 nitrogen and oxygen atoms in total. The first-order valence-corrected chi connectivity index (χ1v) is 12.8. The highest BCUT2D eigenvalue weighted by Gasteiger charge is 2.27. The molecule has 2 saturated heterocycles. The number of carbonyl (C=O) groups is 1. The van der Waals surface area contributed by atoms with Crippen molar-refractivity contribution >= 4 is 29.6 Å². The second-order valence-corrected chi connectivity index (χ2v) is 10.0. The molecule has 4 heterocycles. The van der Waals surface area contributed by atoms with Crippen LogP contribution in [0.3, 0.4) is 0 Å². The smallest absolute Gasteiger partial charge is 0.303 e. The van der Waals surface area contributed by atoms with Crippen molar-refractivity contribution in [3.63, 3.8) is 0 Å². The average molecular weight is 505 g/mol. The summed E-state index contributed by atoms with van der Waals surface area (Å²) in [7, 11) is 0. The van der Waals surface area contributed by atoms with Crippen LogP contribution in [0.5, 0.6) is 0 Å². The Bertz CT molecular complexity index is 1190. The number of anilines is 3. The monoisotopic (exact) mass is 504 g/mol. The summed E-state index contributed by atoms with van der Waals surface area (Å²) in [4.78, 5) is 24.7. The molecule has 2 atom stereocenters. The van der Waals surface area contributed by atoms with Crippen LogP contribution in [-0.4, -0.2) is 63.4 Å². The van der Waals surface area contributed by atoms with Gasteiger partial charge in [0.15, 0.2) is 6.23 Å². The Morgan fingerprint density at radius 2 is 1.95 bits per heavy atom. The Kier molecular flexibility index (Phi) is 7.48. The van der Waals surface area contributed by atoms with Crippen LogP contribution in [0.15, 0.2) is 29.4 Å². The molecule has 4 N–H and O–H groups in total. The molecule has 194 valence electrons. The van der Waals surface area contributed by atoms with E-state index in [0.29, 0.717) is 29.6 Å². The second-order valence-electron chi connectivity index (χ2n) is 10.0. The zero-order valence-corrected chi connectivity index (χ0v) is 20.7. The molecule has 0 saturated carbocycles. The molecule has 1 aromatic carbocycles. The van der Waals surface area contributed by atoms with Crippen molar-refractivity contribution in [1.82, 2.24) is 20.3 Å². The highest BCUT2D eigenvalue weighted by atomic mass is 16.4. The lowest BCUT2D eigenvalue weighted by atomic mass is 9.93. The van der Waals surface area contributed by atoms with Gasteiger partial charge in [0, 0.05) is 31.7 Å². The minimum atomic E-state index is -1.03. The SMILES string of the molecule is N#CC1CCCN(c2nc3c(c(Nc4ccc(CN5CCC(CC(=O)O)CC5)cc4)n2)C(O)NN=C3)C1. The minimum absolute atomic E-state index is 0.0544. The molecule has 11 heteroatoms. The molecule has 2 unspecified atom stereocenters. The molecular weight excluding hydrogens is 472 g/mol. The van der Waals surface area contributed by atoms with Gasteiger partial charge in [-0.15, -0.1) is 0 Å². The lowest BCUT2D eigenvalue weighted by molar-refractivity contribution is -0.138.